The van der Waals surface area contributed by atoms with Crippen LogP contribution in [-0.4, -0.2) is 52.1 Å². The molecule has 3 aromatic rings. The Morgan fingerprint density at radius 3 is 2.40 bits per heavy atom. The second-order valence-corrected chi connectivity index (χ2v) is 9.26. The number of anilines is 3. The van der Waals surface area contributed by atoms with Crippen LogP contribution in [0.2, 0.25) is 0 Å². The zero-order valence-electron chi connectivity index (χ0n) is 18.9. The number of nitrogens with two attached hydrogens (primary N) is 1. The number of rotatable bonds is 7. The van der Waals surface area contributed by atoms with Crippen molar-refractivity contribution in [1.29, 1.82) is 0 Å². The summed E-state index contributed by atoms with van der Waals surface area (Å²) in [5.74, 6) is -0.534. The number of imide groups is 1. The number of fused-ring (bicyclic) bond motifs is 1. The smallest absolute Gasteiger partial charge is 0.291 e. The van der Waals surface area contributed by atoms with Crippen LogP contribution >= 0.6 is 11.8 Å². The van der Waals surface area contributed by atoms with E-state index in [1.807, 2.05) is 71.6 Å². The van der Waals surface area contributed by atoms with E-state index >= 15 is 0 Å². The molecule has 5 rings (SSSR count). The van der Waals surface area contributed by atoms with Crippen LogP contribution < -0.4 is 10.6 Å². The molecule has 2 aliphatic rings. The minimum atomic E-state index is -0.917. The lowest BCUT2D eigenvalue weighted by Gasteiger charge is -2.38. The van der Waals surface area contributed by atoms with Gasteiger partial charge in [0, 0.05) is 17.9 Å². The number of thioether (sulfide) groups is 1. The molecule has 0 bridgehead atoms. The zero-order chi connectivity index (χ0) is 24.4. The highest BCUT2D eigenvalue weighted by Gasteiger charge is 2.40. The molecule has 3 aromatic carbocycles. The summed E-state index contributed by atoms with van der Waals surface area (Å²) in [5, 5.41) is -0.336. The van der Waals surface area contributed by atoms with E-state index in [4.69, 9.17) is 10.5 Å². The number of nitrogen functional groups attached to an aromatic ring is 1. The normalized spacial score (nSPS) is 17.8. The van der Waals surface area contributed by atoms with E-state index in [0.29, 0.717) is 17.9 Å². The lowest BCUT2D eigenvalue weighted by molar-refractivity contribution is -0.134. The van der Waals surface area contributed by atoms with Crippen molar-refractivity contribution in [2.45, 2.75) is 12.0 Å². The van der Waals surface area contributed by atoms with Gasteiger partial charge < -0.3 is 20.3 Å². The zero-order valence-corrected chi connectivity index (χ0v) is 19.7. The van der Waals surface area contributed by atoms with Gasteiger partial charge in [0.15, 0.2) is 5.44 Å². The number of hydrogen-bond acceptors (Lipinski definition) is 7. The second kappa shape index (κ2) is 9.81. The number of amides is 3. The number of carbonyl (C=O) groups is 3. The first-order valence-corrected chi connectivity index (χ1v) is 12.1. The van der Waals surface area contributed by atoms with Crippen LogP contribution in [0, 0.1) is 0 Å². The average molecular weight is 489 g/mol. The van der Waals surface area contributed by atoms with Gasteiger partial charge in [-0.25, -0.2) is 0 Å². The minimum absolute atomic E-state index is 0.113. The Balaban J connectivity index is 1.25. The van der Waals surface area contributed by atoms with Gasteiger partial charge in [-0.05, 0) is 47.7 Å². The Bertz CT molecular complexity index is 1250. The quantitative estimate of drug-likeness (QED) is 0.501. The lowest BCUT2D eigenvalue weighted by atomic mass is 10.1. The van der Waals surface area contributed by atoms with Crippen LogP contribution in [0.15, 0.2) is 78.9 Å². The molecule has 2 heterocycles. The van der Waals surface area contributed by atoms with Gasteiger partial charge in [0.1, 0.15) is 0 Å². The Morgan fingerprint density at radius 2 is 1.66 bits per heavy atom. The number of para-hydroxylation sites is 1. The van der Waals surface area contributed by atoms with Crippen molar-refractivity contribution in [3.8, 4) is 0 Å². The SMILES string of the molecule is Nc1ccc2c(c1)C(=O)N(CCOC1SC(=O)N(Cc3ccccc3)C1=O)CN2c1ccccc1. The number of nitrogens with zero attached hydrogens (tertiary/aromatic N) is 3. The van der Waals surface area contributed by atoms with Crippen molar-refractivity contribution < 1.29 is 19.1 Å². The molecule has 1 atom stereocenters. The van der Waals surface area contributed by atoms with E-state index in [1.165, 1.54) is 4.90 Å². The molecule has 1 fully saturated rings. The molecule has 2 aliphatic heterocycles. The molecule has 0 aliphatic carbocycles. The number of hydrogen-bond donors (Lipinski definition) is 1. The van der Waals surface area contributed by atoms with Crippen LogP contribution in [0.3, 0.4) is 0 Å². The van der Waals surface area contributed by atoms with Gasteiger partial charge in [-0.1, -0.05) is 48.5 Å². The summed E-state index contributed by atoms with van der Waals surface area (Å²) < 4.78 is 5.77. The lowest BCUT2D eigenvalue weighted by Crippen LogP contribution is -2.46. The summed E-state index contributed by atoms with van der Waals surface area (Å²) in [5.41, 5.74) is 8.66. The number of benzene rings is 3. The molecular formula is C26H24N4O4S. The van der Waals surface area contributed by atoms with E-state index in [-0.39, 0.29) is 36.7 Å². The maximum absolute atomic E-state index is 13.2. The molecule has 35 heavy (non-hydrogen) atoms. The summed E-state index contributed by atoms with van der Waals surface area (Å²) in [6.45, 7) is 0.906. The van der Waals surface area contributed by atoms with Crippen LogP contribution in [0.5, 0.6) is 0 Å². The molecule has 1 saturated heterocycles. The van der Waals surface area contributed by atoms with Gasteiger partial charge in [0.25, 0.3) is 17.1 Å². The summed E-state index contributed by atoms with van der Waals surface area (Å²) in [7, 11) is 0. The second-order valence-electron chi connectivity index (χ2n) is 8.25. The molecule has 0 radical (unpaired) electrons. The Labute approximate surface area is 207 Å². The van der Waals surface area contributed by atoms with Crippen LogP contribution in [0.25, 0.3) is 0 Å². The van der Waals surface area contributed by atoms with E-state index in [1.54, 1.807) is 17.0 Å². The highest BCUT2D eigenvalue weighted by molar-refractivity contribution is 8.15. The van der Waals surface area contributed by atoms with Gasteiger partial charge in [-0.15, -0.1) is 0 Å². The average Bonchev–Trinajstić information content (AvgIpc) is 3.14. The van der Waals surface area contributed by atoms with Gasteiger partial charge in [-0.3, -0.25) is 19.3 Å². The van der Waals surface area contributed by atoms with Crippen molar-refractivity contribution >= 4 is 45.9 Å². The Hall–Kier alpha value is -3.82. The monoisotopic (exact) mass is 488 g/mol. The maximum Gasteiger partial charge on any atom is 0.291 e. The molecule has 0 aromatic heterocycles. The van der Waals surface area contributed by atoms with E-state index in [0.717, 1.165) is 28.7 Å². The third-order valence-corrected chi connectivity index (χ3v) is 6.89. The van der Waals surface area contributed by atoms with Crippen molar-refractivity contribution in [2.24, 2.45) is 0 Å². The van der Waals surface area contributed by atoms with Crippen molar-refractivity contribution in [1.82, 2.24) is 9.80 Å². The molecular weight excluding hydrogens is 464 g/mol. The largest absolute Gasteiger partial charge is 0.399 e. The molecule has 2 N–H and O–H groups in total. The summed E-state index contributed by atoms with van der Waals surface area (Å²) in [6, 6.07) is 24.4. The summed E-state index contributed by atoms with van der Waals surface area (Å²) in [4.78, 5) is 43.2. The van der Waals surface area contributed by atoms with E-state index in [9.17, 15) is 14.4 Å². The van der Waals surface area contributed by atoms with E-state index in [2.05, 4.69) is 0 Å². The highest BCUT2D eigenvalue weighted by atomic mass is 32.2. The molecule has 8 nitrogen and oxygen atoms in total. The van der Waals surface area contributed by atoms with Gasteiger partial charge >= 0.3 is 0 Å². The molecule has 3 amide bonds. The molecule has 0 spiro atoms. The van der Waals surface area contributed by atoms with Crippen LogP contribution in [-0.2, 0) is 16.1 Å². The third-order valence-electron chi connectivity index (χ3n) is 5.92. The molecule has 0 saturated carbocycles. The fourth-order valence-electron chi connectivity index (χ4n) is 4.15. The van der Waals surface area contributed by atoms with Crippen molar-refractivity contribution in [3.63, 3.8) is 0 Å². The number of carbonyl (C=O) groups excluding carboxylic acids is 3. The van der Waals surface area contributed by atoms with Gasteiger partial charge in [-0.2, -0.15) is 0 Å². The maximum atomic E-state index is 13.2. The number of ether oxygens (including phenoxy) is 1. The predicted molar refractivity (Wildman–Crippen MR) is 135 cm³/mol. The van der Waals surface area contributed by atoms with Crippen molar-refractivity contribution in [3.05, 3.63) is 90.0 Å². The highest BCUT2D eigenvalue weighted by Crippen LogP contribution is 2.35. The third kappa shape index (κ3) is 4.73. The summed E-state index contributed by atoms with van der Waals surface area (Å²) >= 11 is 0.861. The van der Waals surface area contributed by atoms with E-state index < -0.39 is 5.44 Å². The molecule has 1 unspecified atom stereocenters. The molecule has 178 valence electrons. The van der Waals surface area contributed by atoms with Crippen LogP contribution in [0.1, 0.15) is 15.9 Å². The van der Waals surface area contributed by atoms with Crippen LogP contribution in [0.4, 0.5) is 21.9 Å². The predicted octanol–water partition coefficient (Wildman–Crippen LogP) is 4.06. The first-order chi connectivity index (χ1) is 17.0. The first-order valence-electron chi connectivity index (χ1n) is 11.2. The fraction of sp³-hybridized carbons (Fsp3) is 0.192. The molecule has 9 heteroatoms. The van der Waals surface area contributed by atoms with Crippen molar-refractivity contribution in [2.75, 3.05) is 30.5 Å². The fourth-order valence-corrected chi connectivity index (χ4v) is 5.01. The standard InChI is InChI=1S/C26H24N4O4S/c27-19-11-12-22-21(15-19)23(31)28(17-30(22)20-9-5-2-6-10-20)13-14-34-25-24(32)29(26(33)35-25)16-18-7-3-1-4-8-18/h1-12,15,25H,13-14,16-17,27H2. The van der Waals surface area contributed by atoms with Gasteiger partial charge in [0.2, 0.25) is 0 Å². The summed E-state index contributed by atoms with van der Waals surface area (Å²) in [6.07, 6.45) is 0. The topological polar surface area (TPSA) is 96.2 Å². The first kappa shape index (κ1) is 22.9. The Morgan fingerprint density at radius 1 is 0.943 bits per heavy atom. The Kier molecular flexibility index (Phi) is 6.43. The van der Waals surface area contributed by atoms with Gasteiger partial charge in [0.05, 0.1) is 31.1 Å². The minimum Gasteiger partial charge on any atom is -0.399 e.